The van der Waals surface area contributed by atoms with Gasteiger partial charge in [0.1, 0.15) is 11.5 Å². The second-order valence-electron chi connectivity index (χ2n) is 6.79. The highest BCUT2D eigenvalue weighted by Gasteiger charge is 2.23. The summed E-state index contributed by atoms with van der Waals surface area (Å²) >= 11 is 0. The molecule has 0 heterocycles. The van der Waals surface area contributed by atoms with E-state index in [9.17, 15) is 13.2 Å². The van der Waals surface area contributed by atoms with Gasteiger partial charge in [-0.2, -0.15) is 4.72 Å². The normalized spacial score (nSPS) is 12.0. The van der Waals surface area contributed by atoms with Gasteiger partial charge in [-0.15, -0.1) is 0 Å². The fraction of sp³-hybridized carbons (Fsp3) is 0.174. The van der Waals surface area contributed by atoms with Gasteiger partial charge in [0, 0.05) is 11.8 Å². The van der Waals surface area contributed by atoms with Gasteiger partial charge >= 0.3 is 0 Å². The van der Waals surface area contributed by atoms with E-state index in [1.807, 2.05) is 30.3 Å². The number of benzene rings is 3. The number of carbonyl (C=O) groups is 1. The number of ether oxygens (including phenoxy) is 3. The summed E-state index contributed by atoms with van der Waals surface area (Å²) in [5, 5.41) is 2.68. The number of hydrogen-bond donors (Lipinski definition) is 2. The van der Waals surface area contributed by atoms with Crippen molar-refractivity contribution in [3.63, 3.8) is 0 Å². The highest BCUT2D eigenvalue weighted by Crippen LogP contribution is 2.29. The molecule has 0 aliphatic rings. The molecule has 32 heavy (non-hydrogen) atoms. The molecule has 0 saturated carbocycles. The summed E-state index contributed by atoms with van der Waals surface area (Å²) in [7, 11) is -1.10. The largest absolute Gasteiger partial charge is 0.493 e. The third-order valence-electron chi connectivity index (χ3n) is 4.49. The van der Waals surface area contributed by atoms with Crippen LogP contribution < -0.4 is 24.2 Å². The van der Waals surface area contributed by atoms with Crippen LogP contribution in [0.4, 0.5) is 5.69 Å². The third kappa shape index (κ3) is 5.77. The van der Waals surface area contributed by atoms with Crippen LogP contribution in [0.25, 0.3) is 0 Å². The van der Waals surface area contributed by atoms with Gasteiger partial charge in [0.05, 0.1) is 25.2 Å². The first kappa shape index (κ1) is 23.1. The SMILES string of the molecule is COc1ccc(S(=O)(=O)N[C@H](C)C(=O)Nc2ccc(Oc3ccccc3)cc2)cc1OC. The zero-order valence-corrected chi connectivity index (χ0v) is 18.7. The lowest BCUT2D eigenvalue weighted by atomic mass is 10.2. The van der Waals surface area contributed by atoms with E-state index < -0.39 is 22.0 Å². The highest BCUT2D eigenvalue weighted by molar-refractivity contribution is 7.89. The highest BCUT2D eigenvalue weighted by atomic mass is 32.2. The van der Waals surface area contributed by atoms with E-state index in [1.165, 1.54) is 39.3 Å². The van der Waals surface area contributed by atoms with E-state index in [0.29, 0.717) is 22.9 Å². The van der Waals surface area contributed by atoms with Crippen molar-refractivity contribution in [3.05, 3.63) is 72.8 Å². The summed E-state index contributed by atoms with van der Waals surface area (Å²) in [4.78, 5) is 12.5. The van der Waals surface area contributed by atoms with Crippen molar-refractivity contribution >= 4 is 21.6 Å². The second-order valence-corrected chi connectivity index (χ2v) is 8.50. The number of methoxy groups -OCH3 is 2. The number of anilines is 1. The number of sulfonamides is 1. The molecule has 8 nitrogen and oxygen atoms in total. The molecule has 0 radical (unpaired) electrons. The van der Waals surface area contributed by atoms with E-state index in [4.69, 9.17) is 14.2 Å². The molecule has 168 valence electrons. The van der Waals surface area contributed by atoms with Gasteiger partial charge in [0.25, 0.3) is 0 Å². The maximum atomic E-state index is 12.7. The monoisotopic (exact) mass is 456 g/mol. The molecule has 3 aromatic carbocycles. The van der Waals surface area contributed by atoms with E-state index in [1.54, 1.807) is 24.3 Å². The zero-order valence-electron chi connectivity index (χ0n) is 17.9. The molecular weight excluding hydrogens is 432 g/mol. The summed E-state index contributed by atoms with van der Waals surface area (Å²) in [6.07, 6.45) is 0. The topological polar surface area (TPSA) is 103 Å². The van der Waals surface area contributed by atoms with Crippen LogP contribution in [0.15, 0.2) is 77.7 Å². The Morgan fingerprint density at radius 3 is 2.09 bits per heavy atom. The third-order valence-corrected chi connectivity index (χ3v) is 6.03. The Hall–Kier alpha value is -3.56. The van der Waals surface area contributed by atoms with Gasteiger partial charge in [0.2, 0.25) is 15.9 Å². The molecule has 0 bridgehead atoms. The van der Waals surface area contributed by atoms with E-state index in [0.717, 1.165) is 0 Å². The summed E-state index contributed by atoms with van der Waals surface area (Å²) in [6, 6.07) is 19.2. The zero-order chi connectivity index (χ0) is 23.1. The van der Waals surface area contributed by atoms with E-state index in [2.05, 4.69) is 10.0 Å². The molecule has 0 aromatic heterocycles. The smallest absolute Gasteiger partial charge is 0.242 e. The molecule has 3 rings (SSSR count). The van der Waals surface area contributed by atoms with Crippen LogP contribution in [-0.2, 0) is 14.8 Å². The van der Waals surface area contributed by atoms with Crippen LogP contribution in [0.1, 0.15) is 6.92 Å². The summed E-state index contributed by atoms with van der Waals surface area (Å²) in [5.74, 6) is 1.46. The minimum Gasteiger partial charge on any atom is -0.493 e. The van der Waals surface area contributed by atoms with Gasteiger partial charge in [-0.1, -0.05) is 18.2 Å². The molecule has 0 saturated heterocycles. The molecule has 1 atom stereocenters. The first-order valence-electron chi connectivity index (χ1n) is 9.70. The predicted molar refractivity (Wildman–Crippen MR) is 121 cm³/mol. The summed E-state index contributed by atoms with van der Waals surface area (Å²) in [5.41, 5.74) is 0.507. The van der Waals surface area contributed by atoms with Crippen molar-refractivity contribution in [1.29, 1.82) is 0 Å². The van der Waals surface area contributed by atoms with Crippen LogP contribution in [0.5, 0.6) is 23.0 Å². The van der Waals surface area contributed by atoms with Gasteiger partial charge in [0.15, 0.2) is 11.5 Å². The minimum absolute atomic E-state index is 0.0442. The molecule has 0 unspecified atom stereocenters. The van der Waals surface area contributed by atoms with Crippen molar-refractivity contribution in [2.24, 2.45) is 0 Å². The molecule has 0 spiro atoms. The predicted octanol–water partition coefficient (Wildman–Crippen LogP) is 3.80. The standard InChI is InChI=1S/C23H24N2O6S/c1-16(25-32(27,28)20-13-14-21(29-2)22(15-20)30-3)23(26)24-17-9-11-19(12-10-17)31-18-7-5-4-6-8-18/h4-16,25H,1-3H3,(H,24,26)/t16-/m1/s1. The molecule has 2 N–H and O–H groups in total. The molecule has 3 aromatic rings. The fourth-order valence-corrected chi connectivity index (χ4v) is 4.04. The lowest BCUT2D eigenvalue weighted by Crippen LogP contribution is -2.41. The number of rotatable bonds is 9. The Balaban J connectivity index is 1.63. The fourth-order valence-electron chi connectivity index (χ4n) is 2.82. The van der Waals surface area contributed by atoms with Gasteiger partial charge < -0.3 is 19.5 Å². The molecular formula is C23H24N2O6S. The molecule has 0 aliphatic heterocycles. The van der Waals surface area contributed by atoms with Crippen LogP contribution in [0.2, 0.25) is 0 Å². The minimum atomic E-state index is -3.96. The van der Waals surface area contributed by atoms with Crippen LogP contribution in [0, 0.1) is 0 Å². The summed E-state index contributed by atoms with van der Waals surface area (Å²) < 4.78 is 43.7. The van der Waals surface area contributed by atoms with Crippen molar-refractivity contribution in [1.82, 2.24) is 4.72 Å². The Bertz CT molecular complexity index is 1160. The average Bonchev–Trinajstić information content (AvgIpc) is 2.80. The quantitative estimate of drug-likeness (QED) is 0.508. The number of nitrogens with one attached hydrogen (secondary N) is 2. The van der Waals surface area contributed by atoms with Gasteiger partial charge in [-0.05, 0) is 55.5 Å². The Labute approximate surface area is 187 Å². The average molecular weight is 457 g/mol. The van der Waals surface area contributed by atoms with Crippen molar-refractivity contribution in [2.75, 3.05) is 19.5 Å². The molecule has 0 aliphatic carbocycles. The van der Waals surface area contributed by atoms with Crippen molar-refractivity contribution < 1.29 is 27.4 Å². The first-order chi connectivity index (χ1) is 15.3. The van der Waals surface area contributed by atoms with Gasteiger partial charge in [-0.3, -0.25) is 4.79 Å². The first-order valence-corrected chi connectivity index (χ1v) is 11.2. The van der Waals surface area contributed by atoms with E-state index in [-0.39, 0.29) is 10.6 Å². The summed E-state index contributed by atoms with van der Waals surface area (Å²) in [6.45, 7) is 1.46. The van der Waals surface area contributed by atoms with Crippen molar-refractivity contribution in [2.45, 2.75) is 17.9 Å². The lowest BCUT2D eigenvalue weighted by Gasteiger charge is -2.16. The van der Waals surface area contributed by atoms with Crippen LogP contribution >= 0.6 is 0 Å². The number of amides is 1. The molecule has 9 heteroatoms. The molecule has 0 fully saturated rings. The maximum absolute atomic E-state index is 12.7. The second kappa shape index (κ2) is 10.2. The number of para-hydroxylation sites is 1. The van der Waals surface area contributed by atoms with Crippen LogP contribution in [-0.4, -0.2) is 34.6 Å². The van der Waals surface area contributed by atoms with Gasteiger partial charge in [-0.25, -0.2) is 8.42 Å². The van der Waals surface area contributed by atoms with Crippen molar-refractivity contribution in [3.8, 4) is 23.0 Å². The maximum Gasteiger partial charge on any atom is 0.242 e. The number of carbonyl (C=O) groups excluding carboxylic acids is 1. The number of hydrogen-bond acceptors (Lipinski definition) is 6. The molecule has 1 amide bonds. The van der Waals surface area contributed by atoms with Crippen LogP contribution in [0.3, 0.4) is 0 Å². The Kier molecular flexibility index (Phi) is 7.34. The Morgan fingerprint density at radius 1 is 0.844 bits per heavy atom. The Morgan fingerprint density at radius 2 is 1.47 bits per heavy atom. The lowest BCUT2D eigenvalue weighted by molar-refractivity contribution is -0.117. The van der Waals surface area contributed by atoms with E-state index >= 15 is 0 Å².